The molecule has 3 aromatic carbocycles. The molecule has 0 spiro atoms. The van der Waals surface area contributed by atoms with Crippen molar-refractivity contribution < 1.29 is 23.7 Å². The van der Waals surface area contributed by atoms with Crippen molar-refractivity contribution in [2.24, 2.45) is 0 Å². The van der Waals surface area contributed by atoms with Gasteiger partial charge in [-0.05, 0) is 84.3 Å². The second kappa shape index (κ2) is 10.3. The molecule has 0 atom stereocenters. The van der Waals surface area contributed by atoms with Gasteiger partial charge < -0.3 is 23.7 Å². The quantitative estimate of drug-likeness (QED) is 0.471. The van der Waals surface area contributed by atoms with Gasteiger partial charge in [-0.2, -0.15) is 0 Å². The minimum absolute atomic E-state index is 0.588. The van der Waals surface area contributed by atoms with Crippen LogP contribution in [0, 0.1) is 0 Å². The summed E-state index contributed by atoms with van der Waals surface area (Å²) < 4.78 is 27.8. The number of aryl methyl sites for hydroxylation is 4. The summed E-state index contributed by atoms with van der Waals surface area (Å²) in [6, 6.07) is 18.6. The Bertz CT molecular complexity index is 1020. The van der Waals surface area contributed by atoms with Gasteiger partial charge in [0, 0.05) is 6.07 Å². The highest BCUT2D eigenvalue weighted by Gasteiger charge is 2.16. The molecule has 3 aromatic rings. The Labute approximate surface area is 189 Å². The second-order valence-corrected chi connectivity index (χ2v) is 7.83. The summed E-state index contributed by atoms with van der Waals surface area (Å²) in [6.07, 6.45) is 3.65. The van der Waals surface area contributed by atoms with E-state index in [0.29, 0.717) is 13.2 Å². The van der Waals surface area contributed by atoms with Gasteiger partial charge in [0.2, 0.25) is 0 Å². The highest BCUT2D eigenvalue weighted by molar-refractivity contribution is 5.49. The molecule has 0 N–H and O–H groups in total. The van der Waals surface area contributed by atoms with E-state index in [2.05, 4.69) is 36.4 Å². The van der Waals surface area contributed by atoms with Crippen LogP contribution in [0.4, 0.5) is 0 Å². The van der Waals surface area contributed by atoms with Crippen LogP contribution in [0.2, 0.25) is 0 Å². The maximum absolute atomic E-state index is 5.85. The van der Waals surface area contributed by atoms with Gasteiger partial charge in [0.05, 0.1) is 21.3 Å². The number of hydrogen-bond acceptors (Lipinski definition) is 5. The molecular formula is C27H30O5. The normalized spacial score (nSPS) is 12.3. The minimum Gasteiger partial charge on any atom is -0.497 e. The molecule has 5 heteroatoms. The van der Waals surface area contributed by atoms with Crippen molar-refractivity contribution in [2.45, 2.75) is 25.7 Å². The standard InChI is InChI=1S/C27H30O5/c1-28-23-10-6-19(7-11-23)4-8-21-16-26-27(32-13-12-31-26)17-22(21)9-5-20-14-24(29-2)18-25(15-20)30-3/h6-7,10-11,14-18H,4-5,8-9,12-13H2,1-3H3. The first-order valence-electron chi connectivity index (χ1n) is 10.9. The summed E-state index contributed by atoms with van der Waals surface area (Å²) in [4.78, 5) is 0. The third kappa shape index (κ3) is 5.28. The summed E-state index contributed by atoms with van der Waals surface area (Å²) in [5.41, 5.74) is 5.03. The van der Waals surface area contributed by atoms with Crippen molar-refractivity contribution in [3.63, 3.8) is 0 Å². The van der Waals surface area contributed by atoms with Gasteiger partial charge in [0.25, 0.3) is 0 Å². The monoisotopic (exact) mass is 434 g/mol. The van der Waals surface area contributed by atoms with E-state index in [9.17, 15) is 0 Å². The molecule has 1 heterocycles. The van der Waals surface area contributed by atoms with Gasteiger partial charge in [-0.25, -0.2) is 0 Å². The van der Waals surface area contributed by atoms with Crippen molar-refractivity contribution in [1.29, 1.82) is 0 Å². The molecule has 32 heavy (non-hydrogen) atoms. The summed E-state index contributed by atoms with van der Waals surface area (Å²) in [7, 11) is 5.04. The highest BCUT2D eigenvalue weighted by atomic mass is 16.6. The smallest absolute Gasteiger partial charge is 0.161 e. The predicted molar refractivity (Wildman–Crippen MR) is 125 cm³/mol. The molecule has 4 rings (SSSR count). The topological polar surface area (TPSA) is 46.2 Å². The van der Waals surface area contributed by atoms with E-state index < -0.39 is 0 Å². The summed E-state index contributed by atoms with van der Waals surface area (Å²) in [6.45, 7) is 1.18. The largest absolute Gasteiger partial charge is 0.497 e. The van der Waals surface area contributed by atoms with E-state index in [1.165, 1.54) is 22.3 Å². The molecule has 0 unspecified atom stereocenters. The van der Waals surface area contributed by atoms with Crippen LogP contribution in [-0.4, -0.2) is 34.5 Å². The van der Waals surface area contributed by atoms with Crippen LogP contribution < -0.4 is 23.7 Å². The van der Waals surface area contributed by atoms with Gasteiger partial charge in [-0.3, -0.25) is 0 Å². The number of fused-ring (bicyclic) bond motifs is 1. The fourth-order valence-corrected chi connectivity index (χ4v) is 4.00. The Hall–Kier alpha value is -3.34. The van der Waals surface area contributed by atoms with Crippen LogP contribution in [0.3, 0.4) is 0 Å². The number of benzene rings is 3. The fourth-order valence-electron chi connectivity index (χ4n) is 4.00. The average molecular weight is 435 g/mol. The van der Waals surface area contributed by atoms with Crippen LogP contribution in [0.1, 0.15) is 22.3 Å². The van der Waals surface area contributed by atoms with Crippen molar-refractivity contribution in [3.8, 4) is 28.7 Å². The maximum atomic E-state index is 5.85. The predicted octanol–water partition coefficient (Wildman–Crippen LogP) is 5.05. The molecule has 1 aliphatic heterocycles. The number of hydrogen-bond donors (Lipinski definition) is 0. The lowest BCUT2D eigenvalue weighted by Gasteiger charge is -2.21. The molecule has 0 saturated carbocycles. The van der Waals surface area contributed by atoms with Crippen molar-refractivity contribution in [1.82, 2.24) is 0 Å². The molecule has 0 aliphatic carbocycles. The van der Waals surface area contributed by atoms with Crippen molar-refractivity contribution in [2.75, 3.05) is 34.5 Å². The molecule has 0 radical (unpaired) electrons. The zero-order chi connectivity index (χ0) is 22.3. The van der Waals surface area contributed by atoms with Crippen LogP contribution in [0.5, 0.6) is 28.7 Å². The van der Waals surface area contributed by atoms with Crippen LogP contribution in [-0.2, 0) is 25.7 Å². The third-order valence-corrected chi connectivity index (χ3v) is 5.80. The van der Waals surface area contributed by atoms with Gasteiger partial charge in [0.1, 0.15) is 30.5 Å². The number of methoxy groups -OCH3 is 3. The zero-order valence-electron chi connectivity index (χ0n) is 19.0. The summed E-state index contributed by atoms with van der Waals surface area (Å²) in [5, 5.41) is 0. The Morgan fingerprint density at radius 1 is 0.562 bits per heavy atom. The highest BCUT2D eigenvalue weighted by Crippen LogP contribution is 2.35. The Morgan fingerprint density at radius 2 is 1.06 bits per heavy atom. The Morgan fingerprint density at radius 3 is 1.56 bits per heavy atom. The average Bonchev–Trinajstić information content (AvgIpc) is 2.85. The zero-order valence-corrected chi connectivity index (χ0v) is 19.0. The van der Waals surface area contributed by atoms with E-state index in [4.69, 9.17) is 23.7 Å². The molecule has 0 bridgehead atoms. The van der Waals surface area contributed by atoms with E-state index in [0.717, 1.165) is 54.4 Å². The third-order valence-electron chi connectivity index (χ3n) is 5.80. The maximum Gasteiger partial charge on any atom is 0.161 e. The lowest BCUT2D eigenvalue weighted by atomic mass is 9.94. The number of rotatable bonds is 9. The molecule has 0 fully saturated rings. The van der Waals surface area contributed by atoms with Gasteiger partial charge in [-0.1, -0.05) is 12.1 Å². The summed E-state index contributed by atoms with van der Waals surface area (Å²) in [5.74, 6) is 4.17. The molecule has 0 saturated heterocycles. The van der Waals surface area contributed by atoms with Crippen molar-refractivity contribution >= 4 is 0 Å². The van der Waals surface area contributed by atoms with Crippen LogP contribution in [0.25, 0.3) is 0 Å². The molecule has 0 amide bonds. The fraction of sp³-hybridized carbons (Fsp3) is 0.333. The van der Waals surface area contributed by atoms with Crippen LogP contribution in [0.15, 0.2) is 54.6 Å². The van der Waals surface area contributed by atoms with Gasteiger partial charge in [0.15, 0.2) is 11.5 Å². The summed E-state index contributed by atoms with van der Waals surface area (Å²) >= 11 is 0. The second-order valence-electron chi connectivity index (χ2n) is 7.83. The van der Waals surface area contributed by atoms with E-state index in [1.54, 1.807) is 21.3 Å². The molecule has 168 valence electrons. The molecular weight excluding hydrogens is 404 g/mol. The minimum atomic E-state index is 0.588. The van der Waals surface area contributed by atoms with Gasteiger partial charge in [-0.15, -0.1) is 0 Å². The van der Waals surface area contributed by atoms with E-state index in [1.807, 2.05) is 18.2 Å². The first kappa shape index (κ1) is 21.9. The first-order valence-corrected chi connectivity index (χ1v) is 10.9. The number of ether oxygens (including phenoxy) is 5. The van der Waals surface area contributed by atoms with E-state index in [-0.39, 0.29) is 0 Å². The first-order chi connectivity index (χ1) is 15.7. The lowest BCUT2D eigenvalue weighted by Crippen LogP contribution is -2.16. The molecule has 0 aromatic heterocycles. The Kier molecular flexibility index (Phi) is 7.05. The van der Waals surface area contributed by atoms with E-state index >= 15 is 0 Å². The van der Waals surface area contributed by atoms with Crippen LogP contribution >= 0.6 is 0 Å². The molecule has 1 aliphatic rings. The van der Waals surface area contributed by atoms with Crippen molar-refractivity contribution in [3.05, 3.63) is 76.9 Å². The lowest BCUT2D eigenvalue weighted by molar-refractivity contribution is 0.171. The Balaban J connectivity index is 1.54. The van der Waals surface area contributed by atoms with Gasteiger partial charge >= 0.3 is 0 Å². The SMILES string of the molecule is COc1ccc(CCc2cc3c(cc2CCc2cc(OC)cc(OC)c2)OCCO3)cc1. The molecule has 5 nitrogen and oxygen atoms in total.